The fourth-order valence-corrected chi connectivity index (χ4v) is 7.10. The number of carbonyl (C=O) groups excluding carboxylic acids is 2. The van der Waals surface area contributed by atoms with Crippen molar-refractivity contribution in [1.29, 1.82) is 0 Å². The van der Waals surface area contributed by atoms with Crippen LogP contribution >= 0.6 is 7.82 Å². The number of rotatable bonds is 43. The Morgan fingerprint density at radius 2 is 0.965 bits per heavy atom. The Labute approximate surface area is 349 Å². The number of esters is 2. The number of phosphoric acid groups is 1. The van der Waals surface area contributed by atoms with E-state index in [0.29, 0.717) is 12.8 Å². The van der Waals surface area contributed by atoms with E-state index in [1.165, 1.54) is 103 Å². The maximum atomic E-state index is 12.6. The van der Waals surface area contributed by atoms with Crippen LogP contribution < -0.4 is 5.73 Å². The summed E-state index contributed by atoms with van der Waals surface area (Å²) in [6.45, 7) is 3.61. The van der Waals surface area contributed by atoms with E-state index in [1.807, 2.05) is 0 Å². The summed E-state index contributed by atoms with van der Waals surface area (Å²) in [6.07, 6.45) is 50.0. The molecule has 57 heavy (non-hydrogen) atoms. The molecule has 0 aromatic rings. The largest absolute Gasteiger partial charge is 0.472 e. The molecule has 2 unspecified atom stereocenters. The summed E-state index contributed by atoms with van der Waals surface area (Å²) < 4.78 is 32.8. The number of nitrogens with two attached hydrogens (primary N) is 1. The molecule has 9 nitrogen and oxygen atoms in total. The van der Waals surface area contributed by atoms with Crippen molar-refractivity contribution in [2.24, 2.45) is 5.73 Å². The van der Waals surface area contributed by atoms with Crippen LogP contribution in [0.1, 0.15) is 206 Å². The molecule has 0 heterocycles. The van der Waals surface area contributed by atoms with Gasteiger partial charge < -0.3 is 20.1 Å². The molecule has 2 atom stereocenters. The van der Waals surface area contributed by atoms with Gasteiger partial charge >= 0.3 is 19.8 Å². The van der Waals surface area contributed by atoms with Crippen molar-refractivity contribution in [3.63, 3.8) is 0 Å². The number of hydrogen-bond acceptors (Lipinski definition) is 8. The highest BCUT2D eigenvalue weighted by atomic mass is 31.2. The number of unbranched alkanes of at least 4 members (excludes halogenated alkanes) is 22. The van der Waals surface area contributed by atoms with Crippen LogP contribution in [0.2, 0.25) is 0 Å². The highest BCUT2D eigenvalue weighted by Crippen LogP contribution is 2.43. The van der Waals surface area contributed by atoms with Crippen LogP contribution in [0.15, 0.2) is 48.6 Å². The van der Waals surface area contributed by atoms with Crippen molar-refractivity contribution < 1.29 is 37.6 Å². The van der Waals surface area contributed by atoms with Crippen molar-refractivity contribution >= 4 is 19.8 Å². The zero-order valence-electron chi connectivity index (χ0n) is 36.6. The third-order valence-corrected chi connectivity index (χ3v) is 10.7. The summed E-state index contributed by atoms with van der Waals surface area (Å²) in [5.41, 5.74) is 5.35. The molecule has 0 aliphatic heterocycles. The molecule has 0 radical (unpaired) electrons. The number of phosphoric ester groups is 1. The van der Waals surface area contributed by atoms with Crippen LogP contribution in [0.3, 0.4) is 0 Å². The Morgan fingerprint density at radius 1 is 0.544 bits per heavy atom. The summed E-state index contributed by atoms with van der Waals surface area (Å²) in [4.78, 5) is 34.9. The van der Waals surface area contributed by atoms with E-state index >= 15 is 0 Å². The number of carbonyl (C=O) groups is 2. The maximum absolute atomic E-state index is 12.6. The van der Waals surface area contributed by atoms with Gasteiger partial charge in [-0.2, -0.15) is 0 Å². The molecule has 0 rings (SSSR count). The first-order valence-electron chi connectivity index (χ1n) is 23.1. The van der Waals surface area contributed by atoms with E-state index in [2.05, 4.69) is 62.5 Å². The Hall–Kier alpha value is -2.03. The molecule has 332 valence electrons. The van der Waals surface area contributed by atoms with Crippen molar-refractivity contribution in [3.05, 3.63) is 48.6 Å². The molecule has 0 bridgehead atoms. The highest BCUT2D eigenvalue weighted by Gasteiger charge is 2.26. The first-order valence-corrected chi connectivity index (χ1v) is 24.6. The fourth-order valence-electron chi connectivity index (χ4n) is 6.33. The second-order valence-electron chi connectivity index (χ2n) is 15.2. The van der Waals surface area contributed by atoms with Crippen molar-refractivity contribution in [3.8, 4) is 0 Å². The molecule has 0 amide bonds. The monoisotopic (exact) mass is 824 g/mol. The van der Waals surface area contributed by atoms with Gasteiger partial charge in [0.25, 0.3) is 0 Å². The smallest absolute Gasteiger partial charge is 0.462 e. The molecule has 3 N–H and O–H groups in total. The molecule has 0 aliphatic carbocycles. The third kappa shape index (κ3) is 43.4. The van der Waals surface area contributed by atoms with Crippen molar-refractivity contribution in [1.82, 2.24) is 0 Å². The van der Waals surface area contributed by atoms with Crippen LogP contribution in [0.4, 0.5) is 0 Å². The zero-order valence-corrected chi connectivity index (χ0v) is 37.5. The minimum atomic E-state index is -4.38. The molecular formula is C47H86NO8P. The lowest BCUT2D eigenvalue weighted by Crippen LogP contribution is -2.29. The minimum Gasteiger partial charge on any atom is -0.462 e. The Balaban J connectivity index is 4.13. The normalized spacial score (nSPS) is 13.7. The average Bonchev–Trinajstić information content (AvgIpc) is 3.20. The van der Waals surface area contributed by atoms with Gasteiger partial charge in [-0.3, -0.25) is 18.6 Å². The summed E-state index contributed by atoms with van der Waals surface area (Å²) in [6, 6.07) is 0. The van der Waals surface area contributed by atoms with Crippen LogP contribution in [0.25, 0.3) is 0 Å². The predicted molar refractivity (Wildman–Crippen MR) is 238 cm³/mol. The molecule has 0 aromatic heterocycles. The van der Waals surface area contributed by atoms with Gasteiger partial charge in [-0.25, -0.2) is 4.57 Å². The topological polar surface area (TPSA) is 134 Å². The number of hydrogen-bond donors (Lipinski definition) is 2. The molecular weight excluding hydrogens is 737 g/mol. The molecule has 0 saturated carbocycles. The zero-order chi connectivity index (χ0) is 41.8. The summed E-state index contributed by atoms with van der Waals surface area (Å²) in [5.74, 6) is -0.851. The third-order valence-electron chi connectivity index (χ3n) is 9.73. The van der Waals surface area contributed by atoms with Crippen LogP contribution in [0.5, 0.6) is 0 Å². The lowest BCUT2D eigenvalue weighted by molar-refractivity contribution is -0.161. The SMILES string of the molecule is CCC=CCC=CCC=CCC=CCCCCCCC(=O)OCC(COP(=O)(O)OCCN)OC(=O)CCCCCCCCCCCCCCCCCCCCC. The van der Waals surface area contributed by atoms with Crippen molar-refractivity contribution in [2.75, 3.05) is 26.4 Å². The Kier molecular flexibility index (Phi) is 42.0. The Morgan fingerprint density at radius 3 is 1.44 bits per heavy atom. The second kappa shape index (κ2) is 43.5. The lowest BCUT2D eigenvalue weighted by atomic mass is 10.0. The van der Waals surface area contributed by atoms with E-state index in [4.69, 9.17) is 24.3 Å². The molecule has 0 saturated heterocycles. The van der Waals surface area contributed by atoms with Gasteiger partial charge in [0.2, 0.25) is 0 Å². The van der Waals surface area contributed by atoms with Crippen LogP contribution in [-0.2, 0) is 32.7 Å². The standard InChI is InChI=1S/C47H86NO8P/c1-3-5-7-9-11-13-15-17-19-21-22-24-26-28-30-32-34-36-38-40-47(50)56-45(44-55-57(51,52)54-42-41-48)43-53-46(49)39-37-35-33-31-29-27-25-23-20-18-16-14-12-10-8-6-4-2/h6,8,12,14,18,20,25,27,45H,3-5,7,9-11,13,15-17,19,21-24,26,28-44,48H2,1-2H3,(H,51,52). The minimum absolute atomic E-state index is 0.0494. The lowest BCUT2D eigenvalue weighted by Gasteiger charge is -2.19. The van der Waals surface area contributed by atoms with Gasteiger partial charge in [-0.05, 0) is 51.4 Å². The predicted octanol–water partition coefficient (Wildman–Crippen LogP) is 13.5. The quantitative estimate of drug-likeness (QED) is 0.0267. The first-order chi connectivity index (χ1) is 27.8. The van der Waals surface area contributed by atoms with Crippen molar-refractivity contribution in [2.45, 2.75) is 213 Å². The fraction of sp³-hybridized carbons (Fsp3) is 0.787. The molecule has 10 heteroatoms. The van der Waals surface area contributed by atoms with E-state index < -0.39 is 32.5 Å². The van der Waals surface area contributed by atoms with Gasteiger partial charge in [0.15, 0.2) is 6.10 Å². The summed E-state index contributed by atoms with van der Waals surface area (Å²) >= 11 is 0. The average molecular weight is 824 g/mol. The van der Waals surface area contributed by atoms with E-state index in [0.717, 1.165) is 64.2 Å². The highest BCUT2D eigenvalue weighted by molar-refractivity contribution is 7.47. The first kappa shape index (κ1) is 55.0. The maximum Gasteiger partial charge on any atom is 0.472 e. The molecule has 0 spiro atoms. The van der Waals surface area contributed by atoms with E-state index in [-0.39, 0.29) is 32.6 Å². The summed E-state index contributed by atoms with van der Waals surface area (Å²) in [5, 5.41) is 0. The summed E-state index contributed by atoms with van der Waals surface area (Å²) in [7, 11) is -4.38. The number of ether oxygens (including phenoxy) is 2. The van der Waals surface area contributed by atoms with E-state index in [9.17, 15) is 19.0 Å². The molecule has 0 aliphatic rings. The van der Waals surface area contributed by atoms with Crippen LogP contribution in [-0.4, -0.2) is 49.3 Å². The van der Waals surface area contributed by atoms with Crippen LogP contribution in [0, 0.1) is 0 Å². The molecule has 0 fully saturated rings. The van der Waals surface area contributed by atoms with Gasteiger partial charge in [-0.15, -0.1) is 0 Å². The van der Waals surface area contributed by atoms with E-state index in [1.54, 1.807) is 0 Å². The second-order valence-corrected chi connectivity index (χ2v) is 16.7. The van der Waals surface area contributed by atoms with Gasteiger partial charge in [0.05, 0.1) is 13.2 Å². The number of allylic oxidation sites excluding steroid dienone is 8. The van der Waals surface area contributed by atoms with Gasteiger partial charge in [0, 0.05) is 19.4 Å². The van der Waals surface area contributed by atoms with Gasteiger partial charge in [0.1, 0.15) is 6.61 Å². The molecule has 0 aromatic carbocycles. The Bertz CT molecular complexity index is 1080. The van der Waals surface area contributed by atoms with Gasteiger partial charge in [-0.1, -0.05) is 191 Å².